The van der Waals surface area contributed by atoms with E-state index in [9.17, 15) is 0 Å². The number of hydrogen-bond acceptors (Lipinski definition) is 3. The molecule has 3 rings (SSSR count). The van der Waals surface area contributed by atoms with Crippen LogP contribution in [0.15, 0.2) is 23.2 Å². The molecule has 3 nitrogen and oxygen atoms in total. The normalized spacial score (nSPS) is 25.7. The lowest BCUT2D eigenvalue weighted by Crippen LogP contribution is -2.21. The molecule has 0 bridgehead atoms. The van der Waals surface area contributed by atoms with Crippen molar-refractivity contribution >= 4 is 5.71 Å². The van der Waals surface area contributed by atoms with Gasteiger partial charge in [0.1, 0.15) is 0 Å². The average molecular weight is 259 g/mol. The van der Waals surface area contributed by atoms with Gasteiger partial charge in [0.05, 0.1) is 14.2 Å². The predicted molar refractivity (Wildman–Crippen MR) is 76.5 cm³/mol. The molecule has 1 aromatic rings. The molecule has 1 aliphatic heterocycles. The first-order valence-corrected chi connectivity index (χ1v) is 7.08. The molecule has 1 saturated carbocycles. The fourth-order valence-electron chi connectivity index (χ4n) is 3.42. The highest BCUT2D eigenvalue weighted by Gasteiger charge is 2.34. The van der Waals surface area contributed by atoms with Gasteiger partial charge < -0.3 is 9.47 Å². The Morgan fingerprint density at radius 2 is 1.89 bits per heavy atom. The summed E-state index contributed by atoms with van der Waals surface area (Å²) in [6, 6.07) is 6.30. The molecule has 2 aliphatic rings. The third-order valence-corrected chi connectivity index (χ3v) is 4.44. The Kier molecular flexibility index (Phi) is 3.45. The van der Waals surface area contributed by atoms with Crippen molar-refractivity contribution in [2.45, 2.75) is 31.6 Å². The molecule has 19 heavy (non-hydrogen) atoms. The van der Waals surface area contributed by atoms with Crippen molar-refractivity contribution in [2.24, 2.45) is 10.9 Å². The summed E-state index contributed by atoms with van der Waals surface area (Å²) < 4.78 is 10.7. The van der Waals surface area contributed by atoms with Crippen LogP contribution in [0.4, 0.5) is 0 Å². The van der Waals surface area contributed by atoms with Crippen molar-refractivity contribution in [1.82, 2.24) is 0 Å². The Balaban J connectivity index is 1.87. The second-order valence-electron chi connectivity index (χ2n) is 5.41. The molecule has 0 saturated heterocycles. The molecule has 1 heterocycles. The number of fused-ring (bicyclic) bond motifs is 1. The van der Waals surface area contributed by atoms with E-state index in [1.165, 1.54) is 37.0 Å². The van der Waals surface area contributed by atoms with Crippen LogP contribution in [0.1, 0.15) is 37.2 Å². The molecular formula is C16H21NO2. The van der Waals surface area contributed by atoms with Crippen molar-refractivity contribution in [3.63, 3.8) is 0 Å². The van der Waals surface area contributed by atoms with Gasteiger partial charge in [0.25, 0.3) is 0 Å². The minimum atomic E-state index is 0.537. The molecular weight excluding hydrogens is 238 g/mol. The van der Waals surface area contributed by atoms with Gasteiger partial charge in [-0.1, -0.05) is 12.5 Å². The van der Waals surface area contributed by atoms with Crippen LogP contribution in [0.25, 0.3) is 0 Å². The number of rotatable bonds is 3. The molecule has 1 fully saturated rings. The zero-order chi connectivity index (χ0) is 13.2. The number of benzene rings is 1. The van der Waals surface area contributed by atoms with E-state index < -0.39 is 0 Å². The molecule has 1 aliphatic carbocycles. The largest absolute Gasteiger partial charge is 0.493 e. The smallest absolute Gasteiger partial charge is 0.160 e. The lowest BCUT2D eigenvalue weighted by atomic mass is 9.78. The average Bonchev–Trinajstić information content (AvgIpc) is 2.90. The van der Waals surface area contributed by atoms with Gasteiger partial charge in [-0.25, -0.2) is 0 Å². The van der Waals surface area contributed by atoms with Crippen LogP contribution in [0.5, 0.6) is 11.5 Å². The monoisotopic (exact) mass is 259 g/mol. The first-order valence-electron chi connectivity index (χ1n) is 7.08. The molecule has 3 heteroatoms. The van der Waals surface area contributed by atoms with E-state index in [-0.39, 0.29) is 0 Å². The van der Waals surface area contributed by atoms with Crippen molar-refractivity contribution in [3.8, 4) is 11.5 Å². The van der Waals surface area contributed by atoms with Gasteiger partial charge in [-0.3, -0.25) is 4.99 Å². The Morgan fingerprint density at radius 1 is 1.05 bits per heavy atom. The molecule has 0 N–H and O–H groups in total. The minimum absolute atomic E-state index is 0.537. The van der Waals surface area contributed by atoms with Crippen LogP contribution >= 0.6 is 0 Å². The first kappa shape index (κ1) is 12.5. The second-order valence-corrected chi connectivity index (χ2v) is 5.41. The zero-order valence-corrected chi connectivity index (χ0v) is 11.7. The third-order valence-electron chi connectivity index (χ3n) is 4.44. The van der Waals surface area contributed by atoms with Crippen LogP contribution < -0.4 is 9.47 Å². The molecule has 2 unspecified atom stereocenters. The van der Waals surface area contributed by atoms with Crippen molar-refractivity contribution in [1.29, 1.82) is 0 Å². The molecule has 1 aromatic carbocycles. The van der Waals surface area contributed by atoms with Crippen molar-refractivity contribution in [3.05, 3.63) is 23.8 Å². The summed E-state index contributed by atoms with van der Waals surface area (Å²) in [5, 5.41) is 0. The van der Waals surface area contributed by atoms with Crippen molar-refractivity contribution in [2.75, 3.05) is 20.8 Å². The van der Waals surface area contributed by atoms with E-state index in [4.69, 9.17) is 14.5 Å². The first-order chi connectivity index (χ1) is 9.33. The summed E-state index contributed by atoms with van der Waals surface area (Å²) >= 11 is 0. The van der Waals surface area contributed by atoms with Gasteiger partial charge in [-0.05, 0) is 37.0 Å². The molecule has 2 atom stereocenters. The highest BCUT2D eigenvalue weighted by atomic mass is 16.5. The van der Waals surface area contributed by atoms with E-state index in [0.29, 0.717) is 11.8 Å². The van der Waals surface area contributed by atoms with Gasteiger partial charge in [-0.2, -0.15) is 0 Å². The van der Waals surface area contributed by atoms with Crippen LogP contribution in [-0.2, 0) is 0 Å². The van der Waals surface area contributed by atoms with Crippen molar-refractivity contribution < 1.29 is 9.47 Å². The Morgan fingerprint density at radius 3 is 2.68 bits per heavy atom. The molecule has 0 radical (unpaired) electrons. The number of aliphatic imine (C=N–C) groups is 1. The summed E-state index contributed by atoms with van der Waals surface area (Å²) in [4.78, 5) is 4.76. The maximum Gasteiger partial charge on any atom is 0.160 e. The lowest BCUT2D eigenvalue weighted by Gasteiger charge is -2.25. The summed E-state index contributed by atoms with van der Waals surface area (Å²) in [5.41, 5.74) is 2.79. The maximum atomic E-state index is 5.41. The highest BCUT2D eigenvalue weighted by molar-refractivity contribution is 5.90. The van der Waals surface area contributed by atoms with Gasteiger partial charge in [0.2, 0.25) is 0 Å². The maximum absolute atomic E-state index is 5.41. The van der Waals surface area contributed by atoms with Gasteiger partial charge in [-0.15, -0.1) is 0 Å². The van der Waals surface area contributed by atoms with E-state index in [0.717, 1.165) is 18.0 Å². The van der Waals surface area contributed by atoms with Gasteiger partial charge in [0, 0.05) is 24.1 Å². The number of nitrogens with zero attached hydrogens (tertiary/aromatic N) is 1. The Hall–Kier alpha value is -1.51. The molecule has 0 aromatic heterocycles. The zero-order valence-electron chi connectivity index (χ0n) is 11.7. The summed E-state index contributed by atoms with van der Waals surface area (Å²) in [7, 11) is 3.37. The fraction of sp³-hybridized carbons (Fsp3) is 0.562. The summed E-state index contributed by atoms with van der Waals surface area (Å²) in [6.07, 6.45) is 5.15. The van der Waals surface area contributed by atoms with Crippen LogP contribution in [-0.4, -0.2) is 26.5 Å². The summed E-state index contributed by atoms with van der Waals surface area (Å²) in [5.74, 6) is 2.82. The van der Waals surface area contributed by atoms with E-state index >= 15 is 0 Å². The highest BCUT2D eigenvalue weighted by Crippen LogP contribution is 2.41. The lowest BCUT2D eigenvalue weighted by molar-refractivity contribution is 0.353. The molecule has 0 amide bonds. The summed E-state index contributed by atoms with van der Waals surface area (Å²) in [6.45, 7) is 0.940. The standard InChI is InChI=1S/C16H21NO2/c1-18-15-8-7-11(9-16(15)19-2)13-10-17-14-6-4-3-5-12(13)14/h7-9,12-13H,3-6,10H2,1-2H3. The Labute approximate surface area is 114 Å². The van der Waals surface area contributed by atoms with Crippen LogP contribution in [0.3, 0.4) is 0 Å². The van der Waals surface area contributed by atoms with E-state index in [1.54, 1.807) is 14.2 Å². The van der Waals surface area contributed by atoms with E-state index in [1.807, 2.05) is 6.07 Å². The topological polar surface area (TPSA) is 30.8 Å². The second kappa shape index (κ2) is 5.24. The van der Waals surface area contributed by atoms with E-state index in [2.05, 4.69) is 12.1 Å². The quantitative estimate of drug-likeness (QED) is 0.832. The molecule has 0 spiro atoms. The van der Waals surface area contributed by atoms with Crippen LogP contribution in [0, 0.1) is 5.92 Å². The number of ether oxygens (including phenoxy) is 2. The van der Waals surface area contributed by atoms with Crippen LogP contribution in [0.2, 0.25) is 0 Å². The Bertz CT molecular complexity index is 496. The van der Waals surface area contributed by atoms with Gasteiger partial charge in [0.15, 0.2) is 11.5 Å². The SMILES string of the molecule is COc1ccc(C2CN=C3CCCCC32)cc1OC. The predicted octanol–water partition coefficient (Wildman–Crippen LogP) is 3.43. The molecule has 102 valence electrons. The fourth-order valence-corrected chi connectivity index (χ4v) is 3.42. The van der Waals surface area contributed by atoms with Gasteiger partial charge >= 0.3 is 0 Å². The minimum Gasteiger partial charge on any atom is -0.493 e. The third kappa shape index (κ3) is 2.22. The number of methoxy groups -OCH3 is 2. The number of hydrogen-bond donors (Lipinski definition) is 0.